The number of thiophene rings is 1. The van der Waals surface area contributed by atoms with Crippen molar-refractivity contribution in [3.8, 4) is 11.8 Å². The molecule has 0 aliphatic carbocycles. The monoisotopic (exact) mass is 237 g/mol. The van der Waals surface area contributed by atoms with Crippen LogP contribution in [0.25, 0.3) is 0 Å². The molecule has 0 atom stereocenters. The Morgan fingerprint density at radius 2 is 2.44 bits per heavy atom. The van der Waals surface area contributed by atoms with Gasteiger partial charge in [0.2, 0.25) is 0 Å². The van der Waals surface area contributed by atoms with Gasteiger partial charge in [0, 0.05) is 18.5 Å². The molecule has 1 heterocycles. The minimum atomic E-state index is -0.0647. The molecule has 86 valence electrons. The zero-order valence-electron chi connectivity index (χ0n) is 9.25. The summed E-state index contributed by atoms with van der Waals surface area (Å²) in [5, 5.41) is 13.3. The summed E-state index contributed by atoms with van der Waals surface area (Å²) >= 11 is 1.39. The molecule has 16 heavy (non-hydrogen) atoms. The summed E-state index contributed by atoms with van der Waals surface area (Å²) < 4.78 is 0. The third kappa shape index (κ3) is 3.69. The van der Waals surface area contributed by atoms with Crippen LogP contribution in [-0.4, -0.2) is 24.2 Å². The maximum absolute atomic E-state index is 11.7. The van der Waals surface area contributed by atoms with E-state index in [0.29, 0.717) is 17.8 Å². The Morgan fingerprint density at radius 1 is 1.62 bits per heavy atom. The molecule has 0 bridgehead atoms. The van der Waals surface area contributed by atoms with Gasteiger partial charge in [0.15, 0.2) is 0 Å². The number of hydrogen-bond donors (Lipinski definition) is 2. The molecular weight excluding hydrogens is 222 g/mol. The predicted molar refractivity (Wildman–Crippen MR) is 65.5 cm³/mol. The van der Waals surface area contributed by atoms with Crippen LogP contribution in [0, 0.1) is 11.8 Å². The molecule has 0 aliphatic rings. The molecule has 0 saturated carbocycles. The van der Waals surface area contributed by atoms with Crippen molar-refractivity contribution in [1.82, 2.24) is 5.32 Å². The highest BCUT2D eigenvalue weighted by atomic mass is 32.1. The Kier molecular flexibility index (Phi) is 5.62. The summed E-state index contributed by atoms with van der Waals surface area (Å²) in [5.41, 5.74) is 0.743. The fourth-order valence-electron chi connectivity index (χ4n) is 1.12. The van der Waals surface area contributed by atoms with Crippen LogP contribution in [-0.2, 0) is 0 Å². The van der Waals surface area contributed by atoms with Crippen LogP contribution < -0.4 is 5.32 Å². The molecule has 2 N–H and O–H groups in total. The highest BCUT2D eigenvalue weighted by Crippen LogP contribution is 2.15. The first-order chi connectivity index (χ1) is 7.79. The zero-order chi connectivity index (χ0) is 11.8. The van der Waals surface area contributed by atoms with E-state index < -0.39 is 0 Å². The molecule has 0 unspecified atom stereocenters. The average molecular weight is 237 g/mol. The average Bonchev–Trinajstić information content (AvgIpc) is 2.74. The van der Waals surface area contributed by atoms with Crippen LogP contribution in [0.4, 0.5) is 0 Å². The second-order valence-electron chi connectivity index (χ2n) is 3.19. The molecule has 4 heteroatoms. The van der Waals surface area contributed by atoms with Crippen LogP contribution in [0.2, 0.25) is 0 Å². The third-order valence-electron chi connectivity index (χ3n) is 1.87. The molecule has 3 nitrogen and oxygen atoms in total. The van der Waals surface area contributed by atoms with Crippen molar-refractivity contribution in [2.45, 2.75) is 19.8 Å². The Balaban J connectivity index is 2.71. The van der Waals surface area contributed by atoms with Crippen LogP contribution >= 0.6 is 11.3 Å². The van der Waals surface area contributed by atoms with Crippen molar-refractivity contribution in [2.75, 3.05) is 13.2 Å². The van der Waals surface area contributed by atoms with Crippen molar-refractivity contribution in [3.63, 3.8) is 0 Å². The summed E-state index contributed by atoms with van der Waals surface area (Å²) in [4.78, 5) is 12.4. The van der Waals surface area contributed by atoms with Crippen LogP contribution in [0.15, 0.2) is 11.4 Å². The summed E-state index contributed by atoms with van der Waals surface area (Å²) in [7, 11) is 0. The molecule has 1 rings (SSSR count). The number of aliphatic hydroxyl groups is 1. The van der Waals surface area contributed by atoms with E-state index in [1.807, 2.05) is 18.4 Å². The van der Waals surface area contributed by atoms with Gasteiger partial charge in [-0.15, -0.1) is 11.3 Å². The van der Waals surface area contributed by atoms with Gasteiger partial charge in [-0.3, -0.25) is 4.79 Å². The van der Waals surface area contributed by atoms with Gasteiger partial charge < -0.3 is 10.4 Å². The van der Waals surface area contributed by atoms with Crippen molar-refractivity contribution < 1.29 is 9.90 Å². The number of nitrogens with one attached hydrogen (secondary N) is 1. The maximum atomic E-state index is 11.7. The van der Waals surface area contributed by atoms with Gasteiger partial charge in [-0.1, -0.05) is 18.8 Å². The second kappa shape index (κ2) is 7.04. The van der Waals surface area contributed by atoms with Crippen molar-refractivity contribution >= 4 is 17.2 Å². The number of amides is 1. The summed E-state index contributed by atoms with van der Waals surface area (Å²) in [6, 6.07) is 1.83. The number of aliphatic hydroxyl groups excluding tert-OH is 1. The molecular formula is C12H15NO2S. The molecule has 1 aromatic heterocycles. The van der Waals surface area contributed by atoms with E-state index in [-0.39, 0.29) is 12.5 Å². The van der Waals surface area contributed by atoms with Crippen LogP contribution in [0.1, 0.15) is 35.0 Å². The van der Waals surface area contributed by atoms with Gasteiger partial charge in [0.05, 0.1) is 6.61 Å². The lowest BCUT2D eigenvalue weighted by molar-refractivity contribution is 0.0957. The lowest BCUT2D eigenvalue weighted by Gasteiger charge is -2.00. The Labute approximate surface area is 99.5 Å². The fraction of sp³-hybridized carbons (Fsp3) is 0.417. The molecule has 1 amide bonds. The lowest BCUT2D eigenvalue weighted by atomic mass is 10.2. The Hall–Kier alpha value is -1.31. The van der Waals surface area contributed by atoms with Gasteiger partial charge in [-0.2, -0.15) is 0 Å². The van der Waals surface area contributed by atoms with Crippen molar-refractivity contribution in [2.24, 2.45) is 0 Å². The molecule has 0 fully saturated rings. The summed E-state index contributed by atoms with van der Waals surface area (Å²) in [6.07, 6.45) is 1.36. The Bertz CT molecular complexity index is 401. The van der Waals surface area contributed by atoms with Crippen LogP contribution in [0.3, 0.4) is 0 Å². The van der Waals surface area contributed by atoms with E-state index in [0.717, 1.165) is 12.0 Å². The lowest BCUT2D eigenvalue weighted by Crippen LogP contribution is -2.23. The zero-order valence-corrected chi connectivity index (χ0v) is 10.1. The van der Waals surface area contributed by atoms with E-state index in [1.54, 1.807) is 0 Å². The van der Waals surface area contributed by atoms with E-state index in [1.165, 1.54) is 11.3 Å². The van der Waals surface area contributed by atoms with Gasteiger partial charge in [0.1, 0.15) is 4.88 Å². The number of carbonyl (C=O) groups excluding carboxylic acids is 1. The van der Waals surface area contributed by atoms with Gasteiger partial charge >= 0.3 is 0 Å². The SMILES string of the molecule is CCCNC(=O)c1sccc1C#CCCO. The largest absolute Gasteiger partial charge is 0.395 e. The predicted octanol–water partition coefficient (Wildman–Crippen LogP) is 1.62. The topological polar surface area (TPSA) is 49.3 Å². The van der Waals surface area contributed by atoms with Crippen molar-refractivity contribution in [1.29, 1.82) is 0 Å². The highest BCUT2D eigenvalue weighted by molar-refractivity contribution is 7.12. The van der Waals surface area contributed by atoms with Gasteiger partial charge in [0.25, 0.3) is 5.91 Å². The molecule has 0 radical (unpaired) electrons. The number of carbonyl (C=O) groups is 1. The standard InChI is InChI=1S/C12H15NO2S/c1-2-7-13-12(15)11-10(6-9-16-11)5-3-4-8-14/h6,9,14H,2,4,7-8H2,1H3,(H,13,15). The normalized spacial score (nSPS) is 9.38. The maximum Gasteiger partial charge on any atom is 0.262 e. The fourth-order valence-corrected chi connectivity index (χ4v) is 1.88. The van der Waals surface area contributed by atoms with Crippen LogP contribution in [0.5, 0.6) is 0 Å². The first kappa shape index (κ1) is 12.8. The minimum Gasteiger partial charge on any atom is -0.395 e. The van der Waals surface area contributed by atoms with Gasteiger partial charge in [-0.05, 0) is 17.9 Å². The third-order valence-corrected chi connectivity index (χ3v) is 2.78. The first-order valence-corrected chi connectivity index (χ1v) is 6.13. The van der Waals surface area contributed by atoms with Gasteiger partial charge in [-0.25, -0.2) is 0 Å². The van der Waals surface area contributed by atoms with E-state index in [2.05, 4.69) is 17.2 Å². The molecule has 0 aromatic carbocycles. The summed E-state index contributed by atoms with van der Waals surface area (Å²) in [6.45, 7) is 2.74. The first-order valence-electron chi connectivity index (χ1n) is 5.25. The smallest absolute Gasteiger partial charge is 0.262 e. The molecule has 0 saturated heterocycles. The minimum absolute atomic E-state index is 0.0501. The molecule has 0 aliphatic heterocycles. The quantitative estimate of drug-likeness (QED) is 0.782. The molecule has 0 spiro atoms. The Morgan fingerprint density at radius 3 is 3.12 bits per heavy atom. The van der Waals surface area contributed by atoms with Crippen molar-refractivity contribution in [3.05, 3.63) is 21.9 Å². The summed E-state index contributed by atoms with van der Waals surface area (Å²) in [5.74, 6) is 5.64. The molecule has 1 aromatic rings. The van der Waals surface area contributed by atoms with E-state index >= 15 is 0 Å². The number of rotatable bonds is 4. The van der Waals surface area contributed by atoms with E-state index in [4.69, 9.17) is 5.11 Å². The number of hydrogen-bond acceptors (Lipinski definition) is 3. The van der Waals surface area contributed by atoms with E-state index in [9.17, 15) is 4.79 Å². The second-order valence-corrected chi connectivity index (χ2v) is 4.11. The highest BCUT2D eigenvalue weighted by Gasteiger charge is 2.10.